The number of rotatable bonds is 7. The van der Waals surface area contributed by atoms with Crippen LogP contribution in [0.3, 0.4) is 0 Å². The first-order valence-corrected chi connectivity index (χ1v) is 9.39. The van der Waals surface area contributed by atoms with Gasteiger partial charge in [0, 0.05) is 6.54 Å². The van der Waals surface area contributed by atoms with Crippen LogP contribution in [0.5, 0.6) is 0 Å². The predicted molar refractivity (Wildman–Crippen MR) is 100.0 cm³/mol. The van der Waals surface area contributed by atoms with Crippen LogP contribution in [0, 0.1) is 5.92 Å². The molecule has 7 nitrogen and oxygen atoms in total. The summed E-state index contributed by atoms with van der Waals surface area (Å²) in [7, 11) is 0. The highest BCUT2D eigenvalue weighted by Gasteiger charge is 2.36. The number of benzene rings is 1. The Kier molecular flexibility index (Phi) is 7.64. The molecule has 1 aliphatic rings. The van der Waals surface area contributed by atoms with Crippen LogP contribution in [0.2, 0.25) is 0 Å². The van der Waals surface area contributed by atoms with Gasteiger partial charge in [-0.2, -0.15) is 0 Å². The number of carbonyl (C=O) groups is 3. The van der Waals surface area contributed by atoms with Gasteiger partial charge in [-0.05, 0) is 37.2 Å². The van der Waals surface area contributed by atoms with Gasteiger partial charge in [-0.25, -0.2) is 9.59 Å². The lowest BCUT2D eigenvalue weighted by molar-refractivity contribution is -0.153. The van der Waals surface area contributed by atoms with E-state index in [-0.39, 0.29) is 18.4 Å². The summed E-state index contributed by atoms with van der Waals surface area (Å²) in [4.78, 5) is 38.0. The number of likely N-dealkylation sites (tertiary alicyclic amines) is 1. The van der Waals surface area contributed by atoms with Gasteiger partial charge in [0.1, 0.15) is 18.7 Å². The van der Waals surface area contributed by atoms with Crippen LogP contribution < -0.4 is 5.32 Å². The van der Waals surface area contributed by atoms with Crippen molar-refractivity contribution in [3.63, 3.8) is 0 Å². The fourth-order valence-corrected chi connectivity index (χ4v) is 3.25. The van der Waals surface area contributed by atoms with Crippen molar-refractivity contribution >= 4 is 18.0 Å². The number of aliphatic carboxylic acids is 1. The molecule has 1 aromatic carbocycles. The Morgan fingerprint density at radius 3 is 2.56 bits per heavy atom. The Hall–Kier alpha value is -2.57. The number of carboxylic acid groups (broad SMARTS) is 1. The summed E-state index contributed by atoms with van der Waals surface area (Å²) in [6.45, 7) is 4.39. The second kappa shape index (κ2) is 9.94. The van der Waals surface area contributed by atoms with E-state index in [1.54, 1.807) is 0 Å². The van der Waals surface area contributed by atoms with E-state index in [2.05, 4.69) is 5.32 Å². The second-order valence-corrected chi connectivity index (χ2v) is 7.27. The van der Waals surface area contributed by atoms with Crippen LogP contribution in [0.15, 0.2) is 30.3 Å². The Balaban J connectivity index is 2.01. The number of amides is 2. The number of piperidine rings is 1. The first-order chi connectivity index (χ1) is 12.9. The second-order valence-electron chi connectivity index (χ2n) is 7.27. The monoisotopic (exact) mass is 376 g/mol. The maximum Gasteiger partial charge on any atom is 0.408 e. The van der Waals surface area contributed by atoms with E-state index in [0.717, 1.165) is 18.4 Å². The molecule has 0 unspecified atom stereocenters. The maximum absolute atomic E-state index is 13.0. The van der Waals surface area contributed by atoms with Gasteiger partial charge in [0.25, 0.3) is 0 Å². The van der Waals surface area contributed by atoms with E-state index >= 15 is 0 Å². The van der Waals surface area contributed by atoms with Gasteiger partial charge < -0.3 is 20.1 Å². The minimum atomic E-state index is -1.00. The van der Waals surface area contributed by atoms with Crippen LogP contribution in [-0.2, 0) is 20.9 Å². The zero-order chi connectivity index (χ0) is 19.8. The number of ether oxygens (including phenoxy) is 1. The molecule has 0 aliphatic carbocycles. The average molecular weight is 376 g/mol. The van der Waals surface area contributed by atoms with E-state index in [9.17, 15) is 19.5 Å². The van der Waals surface area contributed by atoms with Gasteiger partial charge in [-0.15, -0.1) is 0 Å². The van der Waals surface area contributed by atoms with Crippen molar-refractivity contribution in [2.45, 2.75) is 58.2 Å². The van der Waals surface area contributed by atoms with E-state index in [0.29, 0.717) is 19.4 Å². The molecule has 2 amide bonds. The van der Waals surface area contributed by atoms with E-state index in [1.807, 2.05) is 44.2 Å². The van der Waals surface area contributed by atoms with Gasteiger partial charge >= 0.3 is 12.1 Å². The molecule has 0 bridgehead atoms. The quantitative estimate of drug-likeness (QED) is 0.763. The van der Waals surface area contributed by atoms with Crippen molar-refractivity contribution in [1.29, 1.82) is 0 Å². The largest absolute Gasteiger partial charge is 0.480 e. The third-order valence-electron chi connectivity index (χ3n) is 4.58. The third kappa shape index (κ3) is 6.27. The molecule has 2 atom stereocenters. The molecule has 1 aromatic rings. The predicted octanol–water partition coefficient (Wildman–Crippen LogP) is 2.79. The highest BCUT2D eigenvalue weighted by molar-refractivity contribution is 5.89. The summed E-state index contributed by atoms with van der Waals surface area (Å²) >= 11 is 0. The molecule has 148 valence electrons. The van der Waals surface area contributed by atoms with Crippen LogP contribution >= 0.6 is 0 Å². The number of hydrogen-bond donors (Lipinski definition) is 2. The normalized spacial score (nSPS) is 18.0. The molecule has 0 radical (unpaired) electrons. The number of carbonyl (C=O) groups excluding carboxylic acids is 2. The summed E-state index contributed by atoms with van der Waals surface area (Å²) < 4.78 is 5.21. The first-order valence-electron chi connectivity index (χ1n) is 9.39. The summed E-state index contributed by atoms with van der Waals surface area (Å²) in [5, 5.41) is 12.0. The average Bonchev–Trinajstić information content (AvgIpc) is 2.65. The highest BCUT2D eigenvalue weighted by atomic mass is 16.5. The van der Waals surface area contributed by atoms with Gasteiger partial charge in [0.15, 0.2) is 0 Å². The maximum atomic E-state index is 13.0. The Morgan fingerprint density at radius 2 is 1.93 bits per heavy atom. The van der Waals surface area contributed by atoms with Crippen molar-refractivity contribution in [2.75, 3.05) is 6.54 Å². The van der Waals surface area contributed by atoms with E-state index in [1.165, 1.54) is 4.90 Å². The molecular formula is C20H28N2O5. The first kappa shape index (κ1) is 20.7. The smallest absolute Gasteiger partial charge is 0.408 e. The molecule has 27 heavy (non-hydrogen) atoms. The number of nitrogens with one attached hydrogen (secondary N) is 1. The van der Waals surface area contributed by atoms with Crippen molar-refractivity contribution in [3.05, 3.63) is 35.9 Å². The molecule has 2 rings (SSSR count). The molecule has 1 fully saturated rings. The van der Waals surface area contributed by atoms with Crippen molar-refractivity contribution in [3.8, 4) is 0 Å². The SMILES string of the molecule is CC(C)C[C@H](NC(=O)OCc1ccccc1)C(=O)N1CCCC[C@H]1C(=O)O. The lowest BCUT2D eigenvalue weighted by Crippen LogP contribution is -2.55. The van der Waals surface area contributed by atoms with Crippen molar-refractivity contribution < 1.29 is 24.2 Å². The minimum absolute atomic E-state index is 0.108. The molecule has 0 spiro atoms. The standard InChI is InChI=1S/C20H28N2O5/c1-14(2)12-16(18(23)22-11-7-6-10-17(22)19(24)25)21-20(26)27-13-15-8-4-3-5-9-15/h3-5,8-9,14,16-17H,6-7,10-13H2,1-2H3,(H,21,26)(H,24,25)/t16-,17-/m0/s1. The molecule has 2 N–H and O–H groups in total. The number of hydrogen-bond acceptors (Lipinski definition) is 4. The molecular weight excluding hydrogens is 348 g/mol. The summed E-state index contributed by atoms with van der Waals surface area (Å²) in [6, 6.07) is 7.63. The molecule has 0 saturated carbocycles. The number of alkyl carbamates (subject to hydrolysis) is 1. The number of carboxylic acids is 1. The highest BCUT2D eigenvalue weighted by Crippen LogP contribution is 2.20. The summed E-state index contributed by atoms with van der Waals surface area (Å²) in [5.41, 5.74) is 0.848. The molecule has 7 heteroatoms. The van der Waals surface area contributed by atoms with Crippen LogP contribution in [0.25, 0.3) is 0 Å². The summed E-state index contributed by atoms with van der Waals surface area (Å²) in [6.07, 6.45) is 1.72. The number of nitrogens with zero attached hydrogens (tertiary/aromatic N) is 1. The topological polar surface area (TPSA) is 95.9 Å². The van der Waals surface area contributed by atoms with Gasteiger partial charge in [-0.1, -0.05) is 44.2 Å². The molecule has 0 aromatic heterocycles. The molecule has 1 aliphatic heterocycles. The lowest BCUT2D eigenvalue weighted by Gasteiger charge is -2.35. The van der Waals surface area contributed by atoms with E-state index in [4.69, 9.17) is 4.74 Å². The van der Waals surface area contributed by atoms with Crippen LogP contribution in [0.4, 0.5) is 4.79 Å². The molecule has 1 heterocycles. The Labute approximate surface area is 159 Å². The Morgan fingerprint density at radius 1 is 1.22 bits per heavy atom. The van der Waals surface area contributed by atoms with Gasteiger partial charge in [0.2, 0.25) is 5.91 Å². The van der Waals surface area contributed by atoms with Gasteiger partial charge in [-0.3, -0.25) is 4.79 Å². The van der Waals surface area contributed by atoms with Crippen molar-refractivity contribution in [1.82, 2.24) is 10.2 Å². The zero-order valence-corrected chi connectivity index (χ0v) is 15.9. The summed E-state index contributed by atoms with van der Waals surface area (Å²) in [5.74, 6) is -1.20. The molecule has 1 saturated heterocycles. The van der Waals surface area contributed by atoms with Crippen LogP contribution in [-0.4, -0.2) is 46.6 Å². The van der Waals surface area contributed by atoms with Crippen molar-refractivity contribution in [2.24, 2.45) is 5.92 Å². The van der Waals surface area contributed by atoms with E-state index < -0.39 is 24.1 Å². The third-order valence-corrected chi connectivity index (χ3v) is 4.58. The fraction of sp³-hybridized carbons (Fsp3) is 0.550. The Bertz CT molecular complexity index is 647. The van der Waals surface area contributed by atoms with Gasteiger partial charge in [0.05, 0.1) is 0 Å². The fourth-order valence-electron chi connectivity index (χ4n) is 3.25. The lowest BCUT2D eigenvalue weighted by atomic mass is 9.98. The van der Waals surface area contributed by atoms with Crippen LogP contribution in [0.1, 0.15) is 45.1 Å². The zero-order valence-electron chi connectivity index (χ0n) is 15.9. The minimum Gasteiger partial charge on any atom is -0.480 e.